The molecular weight excluding hydrogens is 267 g/mol. The molecule has 1 aromatic carbocycles. The summed E-state index contributed by atoms with van der Waals surface area (Å²) in [6, 6.07) is 9.93. The Morgan fingerprint density at radius 3 is 2.40 bits per heavy atom. The molecule has 1 aliphatic rings. The maximum atomic E-state index is 14.4. The van der Waals surface area contributed by atoms with E-state index in [1.165, 1.54) is 36.1 Å². The molecule has 0 bridgehead atoms. The van der Waals surface area contributed by atoms with E-state index < -0.39 is 0 Å². The molecular formula is C18H21FS. The van der Waals surface area contributed by atoms with E-state index in [9.17, 15) is 4.39 Å². The van der Waals surface area contributed by atoms with Crippen molar-refractivity contribution in [3.8, 4) is 10.4 Å². The summed E-state index contributed by atoms with van der Waals surface area (Å²) in [6.07, 6.45) is 4.96. The summed E-state index contributed by atoms with van der Waals surface area (Å²) in [5, 5.41) is 0. The third kappa shape index (κ3) is 2.80. The van der Waals surface area contributed by atoms with Crippen LogP contribution < -0.4 is 0 Å². The van der Waals surface area contributed by atoms with E-state index in [1.807, 2.05) is 12.1 Å². The van der Waals surface area contributed by atoms with Crippen molar-refractivity contribution in [3.05, 3.63) is 46.6 Å². The first-order chi connectivity index (χ1) is 9.63. The Morgan fingerprint density at radius 2 is 1.80 bits per heavy atom. The van der Waals surface area contributed by atoms with Crippen LogP contribution in [0.15, 0.2) is 30.3 Å². The molecule has 0 nitrogen and oxygen atoms in total. The van der Waals surface area contributed by atoms with Gasteiger partial charge in [0.1, 0.15) is 5.82 Å². The zero-order valence-electron chi connectivity index (χ0n) is 12.2. The molecule has 1 aromatic heterocycles. The van der Waals surface area contributed by atoms with Gasteiger partial charge in [-0.15, -0.1) is 11.3 Å². The van der Waals surface area contributed by atoms with E-state index in [-0.39, 0.29) is 5.82 Å². The number of hydrogen-bond acceptors (Lipinski definition) is 1. The SMILES string of the molecule is Cc1ccc(-c2ccc(C3CCC(C)CC3)cc2F)s1. The van der Waals surface area contributed by atoms with Gasteiger partial charge in [0, 0.05) is 15.3 Å². The lowest BCUT2D eigenvalue weighted by Crippen LogP contribution is -2.11. The largest absolute Gasteiger partial charge is 0.206 e. The van der Waals surface area contributed by atoms with Gasteiger partial charge in [-0.1, -0.05) is 31.9 Å². The van der Waals surface area contributed by atoms with Gasteiger partial charge in [-0.3, -0.25) is 0 Å². The highest BCUT2D eigenvalue weighted by atomic mass is 32.1. The first kappa shape index (κ1) is 13.8. The number of rotatable bonds is 2. The molecule has 0 unspecified atom stereocenters. The van der Waals surface area contributed by atoms with E-state index >= 15 is 0 Å². The van der Waals surface area contributed by atoms with Gasteiger partial charge >= 0.3 is 0 Å². The highest BCUT2D eigenvalue weighted by Crippen LogP contribution is 2.37. The molecule has 0 aliphatic heterocycles. The van der Waals surface area contributed by atoms with Crippen LogP contribution in [0, 0.1) is 18.7 Å². The standard InChI is InChI=1S/C18H21FS/c1-12-3-6-14(7-4-12)15-8-9-16(17(19)11-15)18-10-5-13(2)20-18/h5,8-12,14H,3-4,6-7H2,1-2H3. The molecule has 2 heteroatoms. The maximum Gasteiger partial charge on any atom is 0.132 e. The average Bonchev–Trinajstić information content (AvgIpc) is 2.86. The van der Waals surface area contributed by atoms with Crippen molar-refractivity contribution < 1.29 is 4.39 Å². The van der Waals surface area contributed by atoms with Gasteiger partial charge in [-0.25, -0.2) is 4.39 Å². The van der Waals surface area contributed by atoms with E-state index in [4.69, 9.17) is 0 Å². The van der Waals surface area contributed by atoms with Gasteiger partial charge in [-0.2, -0.15) is 0 Å². The lowest BCUT2D eigenvalue weighted by Gasteiger charge is -2.26. The molecule has 1 aliphatic carbocycles. The van der Waals surface area contributed by atoms with Crippen molar-refractivity contribution in [1.82, 2.24) is 0 Å². The fraction of sp³-hybridized carbons (Fsp3) is 0.444. The van der Waals surface area contributed by atoms with Crippen LogP contribution in [0.25, 0.3) is 10.4 Å². The number of benzene rings is 1. The minimum atomic E-state index is -0.0667. The number of thiophene rings is 1. The first-order valence-electron chi connectivity index (χ1n) is 7.49. The van der Waals surface area contributed by atoms with Gasteiger partial charge < -0.3 is 0 Å². The quantitative estimate of drug-likeness (QED) is 0.621. The van der Waals surface area contributed by atoms with Crippen molar-refractivity contribution in [2.75, 3.05) is 0 Å². The molecule has 20 heavy (non-hydrogen) atoms. The Bertz CT molecular complexity index is 591. The monoisotopic (exact) mass is 288 g/mol. The summed E-state index contributed by atoms with van der Waals surface area (Å²) in [5.74, 6) is 1.33. The molecule has 3 rings (SSSR count). The molecule has 0 N–H and O–H groups in total. The Morgan fingerprint density at radius 1 is 1.05 bits per heavy atom. The molecule has 2 aromatic rings. The Balaban J connectivity index is 1.84. The van der Waals surface area contributed by atoms with Gasteiger partial charge in [0.15, 0.2) is 0 Å². The molecule has 0 saturated heterocycles. The zero-order valence-corrected chi connectivity index (χ0v) is 13.0. The number of halogens is 1. The zero-order chi connectivity index (χ0) is 14.1. The van der Waals surface area contributed by atoms with Crippen LogP contribution in [0.2, 0.25) is 0 Å². The molecule has 0 spiro atoms. The smallest absolute Gasteiger partial charge is 0.132 e. The second-order valence-electron chi connectivity index (χ2n) is 6.11. The maximum absolute atomic E-state index is 14.4. The minimum absolute atomic E-state index is 0.0667. The van der Waals surface area contributed by atoms with Crippen LogP contribution >= 0.6 is 11.3 Å². The third-order valence-corrected chi connectivity index (χ3v) is 5.52. The van der Waals surface area contributed by atoms with Gasteiger partial charge in [0.25, 0.3) is 0 Å². The summed E-state index contributed by atoms with van der Waals surface area (Å²) in [6.45, 7) is 4.38. The van der Waals surface area contributed by atoms with Crippen LogP contribution in [0.4, 0.5) is 4.39 Å². The van der Waals surface area contributed by atoms with Crippen molar-refractivity contribution in [2.24, 2.45) is 5.92 Å². The summed E-state index contributed by atoms with van der Waals surface area (Å²) in [5.41, 5.74) is 1.93. The molecule has 0 atom stereocenters. The van der Waals surface area contributed by atoms with Gasteiger partial charge in [-0.05, 0) is 55.4 Å². The highest BCUT2D eigenvalue weighted by molar-refractivity contribution is 7.15. The fourth-order valence-corrected chi connectivity index (χ4v) is 4.05. The fourth-order valence-electron chi connectivity index (χ4n) is 3.16. The van der Waals surface area contributed by atoms with Crippen LogP contribution in [-0.2, 0) is 0 Å². The lowest BCUT2D eigenvalue weighted by atomic mass is 9.79. The van der Waals surface area contributed by atoms with Crippen molar-refractivity contribution in [3.63, 3.8) is 0 Å². The molecule has 1 saturated carbocycles. The first-order valence-corrected chi connectivity index (χ1v) is 8.31. The van der Waals surface area contributed by atoms with E-state index in [1.54, 1.807) is 17.4 Å². The summed E-state index contributed by atoms with van der Waals surface area (Å²) < 4.78 is 14.4. The summed E-state index contributed by atoms with van der Waals surface area (Å²) in [4.78, 5) is 2.26. The Labute approximate surface area is 124 Å². The average molecular weight is 288 g/mol. The second kappa shape index (κ2) is 5.69. The Hall–Kier alpha value is -1.15. The normalized spacial score (nSPS) is 22.9. The Kier molecular flexibility index (Phi) is 3.93. The number of hydrogen-bond donors (Lipinski definition) is 0. The highest BCUT2D eigenvalue weighted by Gasteiger charge is 2.20. The van der Waals surface area contributed by atoms with Crippen molar-refractivity contribution in [1.29, 1.82) is 0 Å². The van der Waals surface area contributed by atoms with Crippen LogP contribution in [0.5, 0.6) is 0 Å². The predicted molar refractivity (Wildman–Crippen MR) is 84.8 cm³/mol. The second-order valence-corrected chi connectivity index (χ2v) is 7.39. The minimum Gasteiger partial charge on any atom is -0.206 e. The molecule has 0 amide bonds. The molecule has 0 radical (unpaired) electrons. The van der Waals surface area contributed by atoms with E-state index in [2.05, 4.69) is 26.0 Å². The summed E-state index contributed by atoms with van der Waals surface area (Å²) >= 11 is 1.66. The predicted octanol–water partition coefficient (Wildman–Crippen LogP) is 6.16. The molecule has 1 heterocycles. The van der Waals surface area contributed by atoms with Crippen molar-refractivity contribution >= 4 is 11.3 Å². The van der Waals surface area contributed by atoms with Crippen LogP contribution in [-0.4, -0.2) is 0 Å². The number of aryl methyl sites for hydroxylation is 1. The van der Waals surface area contributed by atoms with E-state index in [0.717, 1.165) is 16.4 Å². The lowest BCUT2D eigenvalue weighted by molar-refractivity contribution is 0.347. The van der Waals surface area contributed by atoms with Crippen molar-refractivity contribution in [2.45, 2.75) is 45.4 Å². The van der Waals surface area contributed by atoms with E-state index in [0.29, 0.717) is 5.92 Å². The third-order valence-electron chi connectivity index (χ3n) is 4.49. The van der Waals surface area contributed by atoms with Crippen LogP contribution in [0.3, 0.4) is 0 Å². The van der Waals surface area contributed by atoms with Gasteiger partial charge in [0.05, 0.1) is 0 Å². The van der Waals surface area contributed by atoms with Crippen LogP contribution in [0.1, 0.15) is 49.0 Å². The van der Waals surface area contributed by atoms with Gasteiger partial charge in [0.2, 0.25) is 0 Å². The topological polar surface area (TPSA) is 0 Å². The molecule has 106 valence electrons. The summed E-state index contributed by atoms with van der Waals surface area (Å²) in [7, 11) is 0. The molecule has 1 fully saturated rings.